The lowest BCUT2D eigenvalue weighted by atomic mass is 9.81. The molecule has 1 saturated carbocycles. The lowest BCUT2D eigenvalue weighted by Gasteiger charge is -2.26. The number of aromatic nitrogens is 1. The number of carbonyl (C=O) groups excluding carboxylic acids is 1. The summed E-state index contributed by atoms with van der Waals surface area (Å²) in [5.74, 6) is 1.45. The highest BCUT2D eigenvalue weighted by Crippen LogP contribution is 2.30. The fraction of sp³-hybridized carbons (Fsp3) is 0.714. The van der Waals surface area contributed by atoms with Crippen LogP contribution in [0.1, 0.15) is 48.7 Å². The molecule has 0 saturated heterocycles. The molecule has 0 amide bonds. The third kappa shape index (κ3) is 4.20. The van der Waals surface area contributed by atoms with Crippen LogP contribution in [-0.2, 0) is 4.74 Å². The molecule has 2 rings (SSSR count). The SMILES string of the molecule is COC(=O)c1cnc(NCCC2CCC(C)CC2)s1. The maximum atomic E-state index is 11.3. The summed E-state index contributed by atoms with van der Waals surface area (Å²) in [4.78, 5) is 16.0. The highest BCUT2D eigenvalue weighted by atomic mass is 32.1. The quantitative estimate of drug-likeness (QED) is 0.839. The number of nitrogens with one attached hydrogen (secondary N) is 1. The second-order valence-electron chi connectivity index (χ2n) is 5.36. The van der Waals surface area contributed by atoms with Crippen LogP contribution in [0.25, 0.3) is 0 Å². The van der Waals surface area contributed by atoms with Crippen LogP contribution in [-0.4, -0.2) is 24.6 Å². The van der Waals surface area contributed by atoms with Crippen LogP contribution in [0, 0.1) is 11.8 Å². The predicted octanol–water partition coefficient (Wildman–Crippen LogP) is 3.56. The Kier molecular flexibility index (Phi) is 5.19. The molecule has 1 aromatic rings. The first-order valence-corrected chi connectivity index (χ1v) is 7.78. The molecule has 1 N–H and O–H groups in total. The predicted molar refractivity (Wildman–Crippen MR) is 77.7 cm³/mol. The smallest absolute Gasteiger partial charge is 0.349 e. The van der Waals surface area contributed by atoms with Crippen LogP contribution >= 0.6 is 11.3 Å². The number of rotatable bonds is 5. The maximum Gasteiger partial charge on any atom is 0.349 e. The number of carbonyl (C=O) groups is 1. The molecule has 1 aliphatic carbocycles. The third-order valence-electron chi connectivity index (χ3n) is 3.86. The Morgan fingerprint density at radius 1 is 1.47 bits per heavy atom. The molecule has 1 fully saturated rings. The minimum absolute atomic E-state index is 0.313. The van der Waals surface area contributed by atoms with Gasteiger partial charge in [0.25, 0.3) is 0 Å². The summed E-state index contributed by atoms with van der Waals surface area (Å²) >= 11 is 1.36. The number of methoxy groups -OCH3 is 1. The van der Waals surface area contributed by atoms with Crippen molar-refractivity contribution in [2.45, 2.75) is 39.0 Å². The molecular weight excluding hydrogens is 260 g/mol. The Morgan fingerprint density at radius 2 is 2.21 bits per heavy atom. The maximum absolute atomic E-state index is 11.3. The molecule has 0 radical (unpaired) electrons. The Labute approximate surface area is 118 Å². The molecule has 5 heteroatoms. The lowest BCUT2D eigenvalue weighted by Crippen LogP contribution is -2.15. The van der Waals surface area contributed by atoms with Crippen LogP contribution < -0.4 is 5.32 Å². The van der Waals surface area contributed by atoms with Gasteiger partial charge in [0.15, 0.2) is 5.13 Å². The first-order chi connectivity index (χ1) is 9.19. The molecule has 1 aliphatic rings. The van der Waals surface area contributed by atoms with E-state index >= 15 is 0 Å². The van der Waals surface area contributed by atoms with Crippen molar-refractivity contribution >= 4 is 22.4 Å². The molecule has 0 bridgehead atoms. The van der Waals surface area contributed by atoms with E-state index in [0.29, 0.717) is 4.88 Å². The summed E-state index contributed by atoms with van der Waals surface area (Å²) in [7, 11) is 1.39. The van der Waals surface area contributed by atoms with Gasteiger partial charge in [0, 0.05) is 6.54 Å². The van der Waals surface area contributed by atoms with Crippen molar-refractivity contribution in [3.63, 3.8) is 0 Å². The van der Waals surface area contributed by atoms with Crippen molar-refractivity contribution in [2.24, 2.45) is 11.8 Å². The van der Waals surface area contributed by atoms with Gasteiger partial charge in [-0.2, -0.15) is 0 Å². The number of ether oxygens (including phenoxy) is 1. The van der Waals surface area contributed by atoms with E-state index in [9.17, 15) is 4.79 Å². The summed E-state index contributed by atoms with van der Waals surface area (Å²) in [6, 6.07) is 0. The summed E-state index contributed by atoms with van der Waals surface area (Å²) < 4.78 is 4.66. The number of hydrogen-bond donors (Lipinski definition) is 1. The van der Waals surface area contributed by atoms with Gasteiger partial charge in [-0.05, 0) is 18.3 Å². The average molecular weight is 282 g/mol. The van der Waals surface area contributed by atoms with Crippen LogP contribution in [0.5, 0.6) is 0 Å². The van der Waals surface area contributed by atoms with Gasteiger partial charge in [-0.25, -0.2) is 9.78 Å². The number of esters is 1. The zero-order valence-electron chi connectivity index (χ0n) is 11.6. The van der Waals surface area contributed by atoms with E-state index in [0.717, 1.165) is 23.5 Å². The molecule has 1 heterocycles. The van der Waals surface area contributed by atoms with E-state index in [1.165, 1.54) is 50.6 Å². The summed E-state index contributed by atoms with van der Waals surface area (Å²) in [5.41, 5.74) is 0. The van der Waals surface area contributed by atoms with Gasteiger partial charge in [0.1, 0.15) is 4.88 Å². The van der Waals surface area contributed by atoms with Crippen molar-refractivity contribution in [1.29, 1.82) is 0 Å². The number of hydrogen-bond acceptors (Lipinski definition) is 5. The van der Waals surface area contributed by atoms with Gasteiger partial charge >= 0.3 is 5.97 Å². The standard InChI is InChI=1S/C14H22N2O2S/c1-10-3-5-11(6-4-10)7-8-15-14-16-9-12(19-14)13(17)18-2/h9-11H,3-8H2,1-2H3,(H,15,16). The summed E-state index contributed by atoms with van der Waals surface area (Å²) in [5, 5.41) is 4.11. The van der Waals surface area contributed by atoms with Crippen molar-refractivity contribution in [3.8, 4) is 0 Å². The van der Waals surface area contributed by atoms with E-state index in [1.54, 1.807) is 6.20 Å². The van der Waals surface area contributed by atoms with Gasteiger partial charge in [-0.1, -0.05) is 43.9 Å². The van der Waals surface area contributed by atoms with Gasteiger partial charge in [-0.3, -0.25) is 0 Å². The molecule has 1 aromatic heterocycles. The molecule has 0 atom stereocenters. The zero-order valence-corrected chi connectivity index (χ0v) is 12.5. The lowest BCUT2D eigenvalue weighted by molar-refractivity contribution is 0.0606. The molecule has 0 aromatic carbocycles. The van der Waals surface area contributed by atoms with Gasteiger partial charge in [0.05, 0.1) is 13.3 Å². The molecule has 4 nitrogen and oxygen atoms in total. The average Bonchev–Trinajstić information content (AvgIpc) is 2.89. The minimum atomic E-state index is -0.313. The fourth-order valence-electron chi connectivity index (χ4n) is 2.55. The highest BCUT2D eigenvalue weighted by molar-refractivity contribution is 7.17. The number of nitrogens with zero attached hydrogens (tertiary/aromatic N) is 1. The Morgan fingerprint density at radius 3 is 2.89 bits per heavy atom. The Balaban J connectivity index is 1.71. The molecule has 0 aliphatic heterocycles. The van der Waals surface area contributed by atoms with Crippen LogP contribution in [0.3, 0.4) is 0 Å². The Hall–Kier alpha value is -1.10. The van der Waals surface area contributed by atoms with Crippen LogP contribution in [0.4, 0.5) is 5.13 Å². The second kappa shape index (κ2) is 6.89. The largest absolute Gasteiger partial charge is 0.465 e. The Bertz CT molecular complexity index is 411. The van der Waals surface area contributed by atoms with Crippen molar-refractivity contribution < 1.29 is 9.53 Å². The molecule has 106 valence electrons. The molecule has 0 unspecified atom stereocenters. The van der Waals surface area contributed by atoms with Crippen LogP contribution in [0.15, 0.2) is 6.20 Å². The first kappa shape index (κ1) is 14.3. The van der Waals surface area contributed by atoms with Gasteiger partial charge in [-0.15, -0.1) is 0 Å². The molecular formula is C14H22N2O2S. The first-order valence-electron chi connectivity index (χ1n) is 6.97. The van der Waals surface area contributed by atoms with Crippen molar-refractivity contribution in [1.82, 2.24) is 4.98 Å². The van der Waals surface area contributed by atoms with E-state index < -0.39 is 0 Å². The number of anilines is 1. The second-order valence-corrected chi connectivity index (χ2v) is 6.39. The number of thiazole rings is 1. The van der Waals surface area contributed by atoms with Gasteiger partial charge < -0.3 is 10.1 Å². The summed E-state index contributed by atoms with van der Waals surface area (Å²) in [6.45, 7) is 3.28. The molecule has 0 spiro atoms. The van der Waals surface area contributed by atoms with E-state index in [2.05, 4.69) is 22.0 Å². The normalized spacial score (nSPS) is 23.1. The minimum Gasteiger partial charge on any atom is -0.465 e. The topological polar surface area (TPSA) is 51.2 Å². The summed E-state index contributed by atoms with van der Waals surface area (Å²) in [6.07, 6.45) is 8.21. The monoisotopic (exact) mass is 282 g/mol. The fourth-order valence-corrected chi connectivity index (χ4v) is 3.31. The van der Waals surface area contributed by atoms with E-state index in [4.69, 9.17) is 0 Å². The van der Waals surface area contributed by atoms with E-state index in [-0.39, 0.29) is 5.97 Å². The van der Waals surface area contributed by atoms with Crippen molar-refractivity contribution in [2.75, 3.05) is 19.0 Å². The van der Waals surface area contributed by atoms with E-state index in [1.807, 2.05) is 0 Å². The third-order valence-corrected chi connectivity index (χ3v) is 4.79. The highest BCUT2D eigenvalue weighted by Gasteiger charge is 2.18. The van der Waals surface area contributed by atoms with Crippen LogP contribution in [0.2, 0.25) is 0 Å². The zero-order chi connectivity index (χ0) is 13.7. The van der Waals surface area contributed by atoms with Gasteiger partial charge in [0.2, 0.25) is 0 Å². The van der Waals surface area contributed by atoms with Crippen molar-refractivity contribution in [3.05, 3.63) is 11.1 Å². The molecule has 19 heavy (non-hydrogen) atoms.